The highest BCUT2D eigenvalue weighted by molar-refractivity contribution is 7.09. The first-order valence-electron chi connectivity index (χ1n) is 16.4. The second-order valence-electron chi connectivity index (χ2n) is 13.2. The summed E-state index contributed by atoms with van der Waals surface area (Å²) in [7, 11) is -2.22. The molecule has 0 nitrogen and oxygen atoms in total. The zero-order valence-electron chi connectivity index (χ0n) is 27.0. The van der Waals surface area contributed by atoms with E-state index in [-0.39, 0.29) is 0 Å². The van der Waals surface area contributed by atoms with Crippen molar-refractivity contribution >= 4 is 18.5 Å². The van der Waals surface area contributed by atoms with E-state index in [0.717, 1.165) is 12.8 Å². The van der Waals surface area contributed by atoms with E-state index < -0.39 is 8.07 Å². The number of fused-ring (bicyclic) bond motifs is 2. The first-order valence-corrected chi connectivity index (χ1v) is 19.4. The lowest BCUT2D eigenvalue weighted by atomic mass is 9.96. The molecule has 0 aromatic heterocycles. The molecule has 0 N–H and O–H groups in total. The molecule has 0 unspecified atom stereocenters. The van der Waals surface area contributed by atoms with Gasteiger partial charge in [-0.15, -0.1) is 0 Å². The Labute approximate surface area is 261 Å². The molecular weight excluding hydrogens is 533 g/mol. The molecule has 2 aliphatic carbocycles. The van der Waals surface area contributed by atoms with Gasteiger partial charge in [0.25, 0.3) is 0 Å². The van der Waals surface area contributed by atoms with Crippen molar-refractivity contribution in [3.63, 3.8) is 0 Å². The molecule has 0 amide bonds. The quantitative estimate of drug-likeness (QED) is 0.164. The van der Waals surface area contributed by atoms with Crippen molar-refractivity contribution < 1.29 is 0 Å². The molecule has 2 radical (unpaired) electrons. The Hall–Kier alpha value is -3.42. The maximum Gasteiger partial charge on any atom is 0.113 e. The van der Waals surface area contributed by atoms with Crippen molar-refractivity contribution in [3.8, 4) is 22.3 Å². The van der Waals surface area contributed by atoms with Crippen LogP contribution in [0.2, 0.25) is 13.1 Å². The van der Waals surface area contributed by atoms with Crippen molar-refractivity contribution in [2.24, 2.45) is 0 Å². The number of rotatable bonds is 10. The number of aryl methyl sites for hydroxylation is 2. The highest BCUT2D eigenvalue weighted by Crippen LogP contribution is 2.54. The van der Waals surface area contributed by atoms with Crippen LogP contribution in [0.3, 0.4) is 0 Å². The zero-order valence-corrected chi connectivity index (χ0v) is 28.0. The van der Waals surface area contributed by atoms with E-state index in [9.17, 15) is 0 Å². The molecule has 4 aromatic rings. The average molecular weight is 579 g/mol. The molecule has 43 heavy (non-hydrogen) atoms. The largest absolute Gasteiger partial charge is 0.113 e. The fraction of sp³-hybridized carbons (Fsp3) is 0.286. The van der Waals surface area contributed by atoms with Crippen LogP contribution < -0.4 is 0 Å². The maximum absolute atomic E-state index is 2.65. The van der Waals surface area contributed by atoms with Crippen molar-refractivity contribution in [1.82, 2.24) is 0 Å². The summed E-state index contributed by atoms with van der Waals surface area (Å²) in [5.41, 5.74) is 17.0. The minimum atomic E-state index is -2.22. The second-order valence-corrected chi connectivity index (χ2v) is 17.4. The number of unbranched alkanes of at least 4 members (excludes halogenated alkanes) is 2. The van der Waals surface area contributed by atoms with E-state index >= 15 is 0 Å². The van der Waals surface area contributed by atoms with Gasteiger partial charge in [-0.1, -0.05) is 147 Å². The topological polar surface area (TPSA) is 0 Å². The molecular formula is C42H46Si. The maximum atomic E-state index is 2.65. The Morgan fingerprint density at radius 2 is 0.907 bits per heavy atom. The van der Waals surface area contributed by atoms with Gasteiger partial charge >= 0.3 is 0 Å². The van der Waals surface area contributed by atoms with Crippen LogP contribution in [0.1, 0.15) is 85.8 Å². The molecule has 0 aliphatic heterocycles. The third-order valence-electron chi connectivity index (χ3n) is 9.57. The molecule has 0 heterocycles. The van der Waals surface area contributed by atoms with Gasteiger partial charge in [-0.25, -0.2) is 0 Å². The van der Waals surface area contributed by atoms with Gasteiger partial charge in [0.1, 0.15) is 8.07 Å². The van der Waals surface area contributed by atoms with Crippen LogP contribution in [0.15, 0.2) is 96.1 Å². The Morgan fingerprint density at radius 3 is 1.28 bits per heavy atom. The minimum Gasteiger partial charge on any atom is -0.0654 e. The minimum absolute atomic E-state index is 1.15. The molecule has 1 heteroatoms. The van der Waals surface area contributed by atoms with E-state index in [1.807, 2.05) is 0 Å². The van der Waals surface area contributed by atoms with Crippen molar-refractivity contribution in [1.29, 1.82) is 0 Å². The predicted octanol–water partition coefficient (Wildman–Crippen LogP) is 12.1. The van der Waals surface area contributed by atoms with Gasteiger partial charge < -0.3 is 0 Å². The third-order valence-corrected chi connectivity index (χ3v) is 13.2. The van der Waals surface area contributed by atoms with Gasteiger partial charge in [0.2, 0.25) is 0 Å². The monoisotopic (exact) mass is 578 g/mol. The lowest BCUT2D eigenvalue weighted by Crippen LogP contribution is -2.32. The third kappa shape index (κ3) is 5.53. The SMILES string of the molecule is CCCCC1=C([Si](C)(C)C2=C(CCCC)[CH]c3cccc(-c4ccc(C)cc4)c32)c2c(cccc2-c2ccc(C)cc2)[CH]1. The fourth-order valence-corrected chi connectivity index (χ4v) is 11.5. The van der Waals surface area contributed by atoms with E-state index in [1.54, 1.807) is 21.5 Å². The van der Waals surface area contributed by atoms with Crippen LogP contribution in [-0.2, 0) is 0 Å². The molecule has 0 spiro atoms. The van der Waals surface area contributed by atoms with E-state index in [2.05, 4.69) is 139 Å². The lowest BCUT2D eigenvalue weighted by Gasteiger charge is -2.33. The van der Waals surface area contributed by atoms with Gasteiger partial charge in [-0.05, 0) is 94.4 Å². The van der Waals surface area contributed by atoms with E-state index in [0.29, 0.717) is 0 Å². The number of benzene rings is 4. The summed E-state index contributed by atoms with van der Waals surface area (Å²) >= 11 is 0. The Balaban J connectivity index is 1.59. The highest BCUT2D eigenvalue weighted by Gasteiger charge is 2.43. The normalized spacial score (nSPS) is 14.5. The molecule has 0 fully saturated rings. The molecule has 0 saturated heterocycles. The summed E-state index contributed by atoms with van der Waals surface area (Å²) in [5, 5.41) is 3.33. The summed E-state index contributed by atoms with van der Waals surface area (Å²) in [6, 6.07) is 32.3. The molecule has 4 aromatic carbocycles. The van der Waals surface area contributed by atoms with Crippen LogP contribution in [0.25, 0.3) is 32.6 Å². The lowest BCUT2D eigenvalue weighted by molar-refractivity contribution is 0.795. The Kier molecular flexibility index (Phi) is 8.47. The summed E-state index contributed by atoms with van der Waals surface area (Å²) in [6.07, 6.45) is 12.3. The van der Waals surface area contributed by atoms with Gasteiger partial charge in [0.05, 0.1) is 0 Å². The van der Waals surface area contributed by atoms with Gasteiger partial charge in [0, 0.05) is 12.8 Å². The summed E-state index contributed by atoms with van der Waals surface area (Å²) in [6.45, 7) is 14.3. The number of hydrogen-bond acceptors (Lipinski definition) is 0. The standard InChI is InChI=1S/C42H46Si/c1-7-9-13-35-27-33-15-11-17-37(31-23-19-29(3)20-24-31)39(33)41(35)43(5,6)42-36(14-10-8-2)28-34-16-12-18-38(40(34)42)32-25-21-30(4)22-26-32/h11-12,15-28H,7-10,13-14H2,1-6H3. The second kappa shape index (κ2) is 12.3. The smallest absolute Gasteiger partial charge is 0.0654 e. The molecule has 0 atom stereocenters. The Morgan fingerprint density at radius 1 is 0.512 bits per heavy atom. The first-order chi connectivity index (χ1) is 20.8. The van der Waals surface area contributed by atoms with Gasteiger partial charge in [0.15, 0.2) is 0 Å². The van der Waals surface area contributed by atoms with Crippen molar-refractivity contribution in [2.45, 2.75) is 79.3 Å². The molecule has 0 saturated carbocycles. The van der Waals surface area contributed by atoms with Crippen LogP contribution in [0, 0.1) is 26.7 Å². The molecule has 2 aliphatic rings. The van der Waals surface area contributed by atoms with Crippen LogP contribution in [0.4, 0.5) is 0 Å². The molecule has 218 valence electrons. The van der Waals surface area contributed by atoms with Crippen molar-refractivity contribution in [2.75, 3.05) is 0 Å². The summed E-state index contributed by atoms with van der Waals surface area (Å²) in [4.78, 5) is 0. The predicted molar refractivity (Wildman–Crippen MR) is 190 cm³/mol. The molecule has 0 bridgehead atoms. The first kappa shape index (κ1) is 29.6. The highest BCUT2D eigenvalue weighted by atomic mass is 28.3. The number of hydrogen-bond donors (Lipinski definition) is 0. The fourth-order valence-electron chi connectivity index (χ4n) is 7.41. The van der Waals surface area contributed by atoms with Gasteiger partial charge in [-0.2, -0.15) is 0 Å². The van der Waals surface area contributed by atoms with Gasteiger partial charge in [-0.3, -0.25) is 0 Å². The van der Waals surface area contributed by atoms with Crippen LogP contribution in [0.5, 0.6) is 0 Å². The summed E-state index contributed by atoms with van der Waals surface area (Å²) < 4.78 is 0. The average Bonchev–Trinajstić information content (AvgIpc) is 3.59. The van der Waals surface area contributed by atoms with Crippen LogP contribution >= 0.6 is 0 Å². The van der Waals surface area contributed by atoms with Crippen LogP contribution in [-0.4, -0.2) is 8.07 Å². The van der Waals surface area contributed by atoms with Crippen molar-refractivity contribution in [3.05, 3.63) is 142 Å². The summed E-state index contributed by atoms with van der Waals surface area (Å²) in [5.74, 6) is 0. The van der Waals surface area contributed by atoms with E-state index in [1.165, 1.54) is 81.3 Å². The number of allylic oxidation sites excluding steroid dienone is 2. The van der Waals surface area contributed by atoms with E-state index in [4.69, 9.17) is 0 Å². The zero-order chi connectivity index (χ0) is 30.1. The molecule has 6 rings (SSSR count). The Bertz CT molecular complexity index is 1570.